The van der Waals surface area contributed by atoms with E-state index in [4.69, 9.17) is 9.15 Å². The molecule has 0 saturated heterocycles. The lowest BCUT2D eigenvalue weighted by molar-refractivity contribution is -0.121. The van der Waals surface area contributed by atoms with E-state index in [-0.39, 0.29) is 12.5 Å². The molecule has 0 aliphatic rings. The summed E-state index contributed by atoms with van der Waals surface area (Å²) in [7, 11) is 1.54. The van der Waals surface area contributed by atoms with E-state index in [1.165, 1.54) is 0 Å². The lowest BCUT2D eigenvalue weighted by atomic mass is 10.2. The Morgan fingerprint density at radius 2 is 1.92 bits per heavy atom. The molecule has 0 radical (unpaired) electrons. The summed E-state index contributed by atoms with van der Waals surface area (Å²) in [5.41, 5.74) is 1.08. The molecular formula is C18H23N3O4. The molecule has 0 bridgehead atoms. The molecular weight excluding hydrogens is 322 g/mol. The van der Waals surface area contributed by atoms with Crippen molar-refractivity contribution < 1.29 is 18.7 Å². The van der Waals surface area contributed by atoms with Gasteiger partial charge in [-0.1, -0.05) is 30.3 Å². The van der Waals surface area contributed by atoms with E-state index in [0.29, 0.717) is 26.2 Å². The molecule has 1 aromatic carbocycles. The summed E-state index contributed by atoms with van der Waals surface area (Å²) in [4.78, 5) is 25.7. The van der Waals surface area contributed by atoms with Gasteiger partial charge in [0.15, 0.2) is 0 Å². The minimum atomic E-state index is -0.528. The smallest absolute Gasteiger partial charge is 0.321 e. The van der Waals surface area contributed by atoms with Crippen molar-refractivity contribution in [2.45, 2.75) is 13.1 Å². The lowest BCUT2D eigenvalue weighted by Crippen LogP contribution is -2.45. The van der Waals surface area contributed by atoms with Gasteiger partial charge >= 0.3 is 6.03 Å². The SMILES string of the molecule is COCCNC(=O)NC(=O)CN(Cc1ccccc1)Cc1ccco1. The third-order valence-corrected chi connectivity index (χ3v) is 3.42. The molecule has 0 aliphatic carbocycles. The molecule has 2 rings (SSSR count). The summed E-state index contributed by atoms with van der Waals surface area (Å²) in [6.45, 7) is 1.85. The van der Waals surface area contributed by atoms with E-state index in [9.17, 15) is 9.59 Å². The molecule has 2 N–H and O–H groups in total. The van der Waals surface area contributed by atoms with Crippen LogP contribution in [0.2, 0.25) is 0 Å². The van der Waals surface area contributed by atoms with Gasteiger partial charge in [-0.3, -0.25) is 15.0 Å². The zero-order chi connectivity index (χ0) is 17.9. The number of methoxy groups -OCH3 is 1. The van der Waals surface area contributed by atoms with Gasteiger partial charge in [0, 0.05) is 20.2 Å². The van der Waals surface area contributed by atoms with Gasteiger partial charge in [0.25, 0.3) is 0 Å². The molecule has 25 heavy (non-hydrogen) atoms. The Morgan fingerprint density at radius 1 is 1.12 bits per heavy atom. The van der Waals surface area contributed by atoms with E-state index in [0.717, 1.165) is 11.3 Å². The van der Waals surface area contributed by atoms with Gasteiger partial charge in [0.2, 0.25) is 5.91 Å². The maximum absolute atomic E-state index is 12.1. The number of carbonyl (C=O) groups is 2. The largest absolute Gasteiger partial charge is 0.468 e. The predicted octanol–water partition coefficient (Wildman–Crippen LogP) is 1.75. The fourth-order valence-electron chi connectivity index (χ4n) is 2.31. The van der Waals surface area contributed by atoms with Crippen molar-refractivity contribution >= 4 is 11.9 Å². The first-order chi connectivity index (χ1) is 12.2. The molecule has 7 heteroatoms. The molecule has 2 aromatic rings. The number of rotatable bonds is 9. The predicted molar refractivity (Wildman–Crippen MR) is 92.7 cm³/mol. The summed E-state index contributed by atoms with van der Waals surface area (Å²) in [6.07, 6.45) is 1.60. The number of nitrogens with one attached hydrogen (secondary N) is 2. The van der Waals surface area contributed by atoms with Crippen molar-refractivity contribution in [2.75, 3.05) is 26.8 Å². The minimum absolute atomic E-state index is 0.0767. The Bertz CT molecular complexity index is 644. The molecule has 0 atom stereocenters. The fraction of sp³-hybridized carbons (Fsp3) is 0.333. The number of carbonyl (C=O) groups excluding carboxylic acids is 2. The number of amides is 3. The van der Waals surface area contributed by atoms with Crippen molar-refractivity contribution in [1.82, 2.24) is 15.5 Å². The molecule has 0 aliphatic heterocycles. The second-order valence-corrected chi connectivity index (χ2v) is 5.51. The number of nitrogens with zero attached hydrogens (tertiary/aromatic N) is 1. The van der Waals surface area contributed by atoms with E-state index < -0.39 is 6.03 Å². The summed E-state index contributed by atoms with van der Waals surface area (Å²) in [6, 6.07) is 13.0. The van der Waals surface area contributed by atoms with Crippen LogP contribution < -0.4 is 10.6 Å². The van der Waals surface area contributed by atoms with Gasteiger partial charge in [-0.15, -0.1) is 0 Å². The molecule has 0 spiro atoms. The average molecular weight is 345 g/mol. The van der Waals surface area contributed by atoms with Crippen LogP contribution in [-0.4, -0.2) is 43.6 Å². The standard InChI is InChI=1S/C18H23N3O4/c1-24-11-9-19-18(23)20-17(22)14-21(13-16-8-5-10-25-16)12-15-6-3-2-4-7-15/h2-8,10H,9,11-14H2,1H3,(H2,19,20,22,23). The van der Waals surface area contributed by atoms with Crippen LogP contribution in [0.5, 0.6) is 0 Å². The fourth-order valence-corrected chi connectivity index (χ4v) is 2.31. The van der Waals surface area contributed by atoms with E-state index >= 15 is 0 Å². The van der Waals surface area contributed by atoms with Crippen LogP contribution in [0.25, 0.3) is 0 Å². The maximum Gasteiger partial charge on any atom is 0.321 e. The Hall–Kier alpha value is -2.64. The van der Waals surface area contributed by atoms with Crippen LogP contribution in [0.1, 0.15) is 11.3 Å². The molecule has 1 aromatic heterocycles. The zero-order valence-electron chi connectivity index (χ0n) is 14.2. The van der Waals surface area contributed by atoms with E-state index in [1.54, 1.807) is 19.4 Å². The Balaban J connectivity index is 1.90. The summed E-state index contributed by atoms with van der Waals surface area (Å²) in [5, 5.41) is 4.87. The van der Waals surface area contributed by atoms with Crippen LogP contribution in [0.15, 0.2) is 53.1 Å². The molecule has 0 saturated carbocycles. The maximum atomic E-state index is 12.1. The molecule has 134 valence electrons. The third kappa shape index (κ3) is 7.19. The third-order valence-electron chi connectivity index (χ3n) is 3.42. The normalized spacial score (nSPS) is 10.6. The summed E-state index contributed by atoms with van der Waals surface area (Å²) in [5.74, 6) is 0.380. The van der Waals surface area contributed by atoms with Crippen LogP contribution in [0.4, 0.5) is 4.79 Å². The Morgan fingerprint density at radius 3 is 2.60 bits per heavy atom. The van der Waals surface area contributed by atoms with Gasteiger partial charge in [-0.05, 0) is 17.7 Å². The van der Waals surface area contributed by atoms with Gasteiger partial charge < -0.3 is 14.5 Å². The highest BCUT2D eigenvalue weighted by Crippen LogP contribution is 2.10. The first kappa shape index (κ1) is 18.7. The van der Waals surface area contributed by atoms with Crippen molar-refractivity contribution in [2.24, 2.45) is 0 Å². The average Bonchev–Trinajstić information content (AvgIpc) is 3.08. The monoisotopic (exact) mass is 345 g/mol. The number of urea groups is 1. The topological polar surface area (TPSA) is 83.8 Å². The molecule has 7 nitrogen and oxygen atoms in total. The van der Waals surface area contributed by atoms with E-state index in [2.05, 4.69) is 10.6 Å². The van der Waals surface area contributed by atoms with Gasteiger partial charge in [-0.2, -0.15) is 0 Å². The number of imide groups is 1. The van der Waals surface area contributed by atoms with Gasteiger partial charge in [0.05, 0.1) is 26.0 Å². The first-order valence-corrected chi connectivity index (χ1v) is 8.02. The van der Waals surface area contributed by atoms with Crippen LogP contribution in [0.3, 0.4) is 0 Å². The number of furan rings is 1. The first-order valence-electron chi connectivity index (χ1n) is 8.02. The molecule has 0 fully saturated rings. The zero-order valence-corrected chi connectivity index (χ0v) is 14.2. The summed E-state index contributed by atoms with van der Waals surface area (Å²) < 4.78 is 10.2. The quantitative estimate of drug-likeness (QED) is 0.677. The second-order valence-electron chi connectivity index (χ2n) is 5.51. The van der Waals surface area contributed by atoms with Crippen molar-refractivity contribution in [1.29, 1.82) is 0 Å². The van der Waals surface area contributed by atoms with Crippen LogP contribution >= 0.6 is 0 Å². The highest BCUT2D eigenvalue weighted by Gasteiger charge is 2.15. The summed E-state index contributed by atoms with van der Waals surface area (Å²) >= 11 is 0. The highest BCUT2D eigenvalue weighted by atomic mass is 16.5. The van der Waals surface area contributed by atoms with E-state index in [1.807, 2.05) is 41.3 Å². The number of benzene rings is 1. The molecule has 1 heterocycles. The van der Waals surface area contributed by atoms with Crippen molar-refractivity contribution in [3.63, 3.8) is 0 Å². The molecule has 3 amide bonds. The second kappa shape index (κ2) is 10.3. The van der Waals surface area contributed by atoms with Crippen LogP contribution in [-0.2, 0) is 22.6 Å². The minimum Gasteiger partial charge on any atom is -0.468 e. The Labute approximate surface area is 146 Å². The van der Waals surface area contributed by atoms with Crippen molar-refractivity contribution in [3.05, 3.63) is 60.1 Å². The number of hydrogen-bond acceptors (Lipinski definition) is 5. The van der Waals surface area contributed by atoms with Gasteiger partial charge in [0.1, 0.15) is 5.76 Å². The highest BCUT2D eigenvalue weighted by molar-refractivity contribution is 5.95. The number of ether oxygens (including phenoxy) is 1. The lowest BCUT2D eigenvalue weighted by Gasteiger charge is -2.20. The number of hydrogen-bond donors (Lipinski definition) is 2. The van der Waals surface area contributed by atoms with Crippen molar-refractivity contribution in [3.8, 4) is 0 Å². The Kier molecular flexibility index (Phi) is 7.68. The van der Waals surface area contributed by atoms with Gasteiger partial charge in [-0.25, -0.2) is 4.79 Å². The van der Waals surface area contributed by atoms with Crippen LogP contribution in [0, 0.1) is 0 Å². The molecule has 0 unspecified atom stereocenters.